The molecule has 0 saturated heterocycles. The Labute approximate surface area is 135 Å². The molecule has 2 N–H and O–H groups in total. The molecule has 2 aromatic carbocycles. The number of hydrogen-bond donors (Lipinski definition) is 2. The lowest BCUT2D eigenvalue weighted by Crippen LogP contribution is -2.35. The molecule has 0 heterocycles. The number of benzene rings is 2. The van der Waals surface area contributed by atoms with Crippen LogP contribution in [0.1, 0.15) is 16.7 Å². The second kappa shape index (κ2) is 7.45. The lowest BCUT2D eigenvalue weighted by Gasteiger charge is -2.10. The van der Waals surface area contributed by atoms with Gasteiger partial charge in [-0.25, -0.2) is 0 Å². The lowest BCUT2D eigenvalue weighted by molar-refractivity contribution is -0.136. The van der Waals surface area contributed by atoms with Gasteiger partial charge in [0.15, 0.2) is 0 Å². The minimum absolute atomic E-state index is 0.281. The second-order valence-electron chi connectivity index (χ2n) is 5.23. The highest BCUT2D eigenvalue weighted by molar-refractivity contribution is 6.39. The van der Waals surface area contributed by atoms with Gasteiger partial charge in [0.2, 0.25) is 0 Å². The minimum Gasteiger partial charge on any atom is -0.497 e. The van der Waals surface area contributed by atoms with Crippen LogP contribution >= 0.6 is 0 Å². The first-order valence-corrected chi connectivity index (χ1v) is 7.29. The third-order valence-electron chi connectivity index (χ3n) is 3.67. The van der Waals surface area contributed by atoms with Crippen LogP contribution in [0.3, 0.4) is 0 Å². The molecule has 23 heavy (non-hydrogen) atoms. The Morgan fingerprint density at radius 2 is 1.70 bits per heavy atom. The number of ether oxygens (including phenoxy) is 1. The monoisotopic (exact) mass is 312 g/mol. The van der Waals surface area contributed by atoms with Crippen LogP contribution in [0.2, 0.25) is 0 Å². The van der Waals surface area contributed by atoms with Gasteiger partial charge in [0.1, 0.15) is 5.75 Å². The standard InChI is InChI=1S/C18H20N2O3/c1-12-5-4-6-16(13(12)2)20-18(22)17(21)19-11-14-7-9-15(23-3)10-8-14/h4-10H,11H2,1-3H3,(H,19,21)(H,20,22). The molecule has 5 nitrogen and oxygen atoms in total. The van der Waals surface area contributed by atoms with E-state index in [1.165, 1.54) is 0 Å². The summed E-state index contributed by atoms with van der Waals surface area (Å²) in [5.74, 6) is -0.596. The second-order valence-corrected chi connectivity index (χ2v) is 5.23. The van der Waals surface area contributed by atoms with Crippen molar-refractivity contribution in [2.75, 3.05) is 12.4 Å². The summed E-state index contributed by atoms with van der Waals surface area (Å²) in [7, 11) is 1.59. The van der Waals surface area contributed by atoms with Gasteiger partial charge in [-0.05, 0) is 48.7 Å². The number of aryl methyl sites for hydroxylation is 1. The Bertz CT molecular complexity index is 709. The quantitative estimate of drug-likeness (QED) is 0.853. The van der Waals surface area contributed by atoms with Crippen LogP contribution in [0.5, 0.6) is 5.75 Å². The first-order valence-electron chi connectivity index (χ1n) is 7.29. The van der Waals surface area contributed by atoms with Crippen LogP contribution in [-0.2, 0) is 16.1 Å². The third kappa shape index (κ3) is 4.32. The average molecular weight is 312 g/mol. The van der Waals surface area contributed by atoms with Gasteiger partial charge in [0.25, 0.3) is 0 Å². The largest absolute Gasteiger partial charge is 0.497 e. The van der Waals surface area contributed by atoms with E-state index in [-0.39, 0.29) is 6.54 Å². The highest BCUT2D eigenvalue weighted by Crippen LogP contribution is 2.17. The summed E-state index contributed by atoms with van der Waals surface area (Å²) in [5, 5.41) is 5.23. The summed E-state index contributed by atoms with van der Waals surface area (Å²) in [6.45, 7) is 4.14. The minimum atomic E-state index is -0.674. The van der Waals surface area contributed by atoms with Crippen molar-refractivity contribution in [2.24, 2.45) is 0 Å². The molecular formula is C18H20N2O3. The molecule has 0 aliphatic heterocycles. The van der Waals surface area contributed by atoms with Crippen LogP contribution < -0.4 is 15.4 Å². The summed E-state index contributed by atoms with van der Waals surface area (Å²) in [6.07, 6.45) is 0. The number of rotatable bonds is 4. The number of hydrogen-bond acceptors (Lipinski definition) is 3. The average Bonchev–Trinajstić information content (AvgIpc) is 2.57. The highest BCUT2D eigenvalue weighted by atomic mass is 16.5. The fraction of sp³-hybridized carbons (Fsp3) is 0.222. The van der Waals surface area contributed by atoms with Crippen molar-refractivity contribution in [1.29, 1.82) is 0 Å². The first-order chi connectivity index (χ1) is 11.0. The van der Waals surface area contributed by atoms with Crippen molar-refractivity contribution >= 4 is 17.5 Å². The summed E-state index contributed by atoms with van der Waals surface area (Å²) in [6, 6.07) is 12.8. The molecule has 0 unspecified atom stereocenters. The Kier molecular flexibility index (Phi) is 5.36. The molecule has 120 valence electrons. The highest BCUT2D eigenvalue weighted by Gasteiger charge is 2.14. The number of amides is 2. The van der Waals surface area contributed by atoms with Crippen molar-refractivity contribution in [3.63, 3.8) is 0 Å². The van der Waals surface area contributed by atoms with Crippen molar-refractivity contribution in [3.8, 4) is 5.75 Å². The predicted octanol–water partition coefficient (Wildman–Crippen LogP) is 2.57. The molecule has 0 aliphatic carbocycles. The van der Waals surface area contributed by atoms with E-state index in [0.29, 0.717) is 5.69 Å². The van der Waals surface area contributed by atoms with Crippen molar-refractivity contribution in [2.45, 2.75) is 20.4 Å². The Balaban J connectivity index is 1.92. The zero-order valence-electron chi connectivity index (χ0n) is 13.5. The molecule has 0 saturated carbocycles. The Morgan fingerprint density at radius 1 is 1.00 bits per heavy atom. The summed E-state index contributed by atoms with van der Waals surface area (Å²) in [5.41, 5.74) is 3.54. The number of nitrogens with one attached hydrogen (secondary N) is 2. The Morgan fingerprint density at radius 3 is 2.35 bits per heavy atom. The lowest BCUT2D eigenvalue weighted by atomic mass is 10.1. The van der Waals surface area contributed by atoms with Crippen LogP contribution in [0, 0.1) is 13.8 Å². The van der Waals surface area contributed by atoms with E-state index in [9.17, 15) is 9.59 Å². The Hall–Kier alpha value is -2.82. The molecule has 0 spiro atoms. The molecule has 5 heteroatoms. The van der Waals surface area contributed by atoms with E-state index < -0.39 is 11.8 Å². The topological polar surface area (TPSA) is 67.4 Å². The fourth-order valence-corrected chi connectivity index (χ4v) is 2.07. The van der Waals surface area contributed by atoms with Gasteiger partial charge in [0.05, 0.1) is 7.11 Å². The number of anilines is 1. The van der Waals surface area contributed by atoms with Gasteiger partial charge in [0, 0.05) is 12.2 Å². The molecule has 0 aliphatic rings. The van der Waals surface area contributed by atoms with E-state index in [1.807, 2.05) is 38.1 Å². The summed E-state index contributed by atoms with van der Waals surface area (Å²) in [4.78, 5) is 23.8. The van der Waals surface area contributed by atoms with E-state index in [0.717, 1.165) is 22.4 Å². The van der Waals surface area contributed by atoms with Gasteiger partial charge < -0.3 is 15.4 Å². The molecule has 2 rings (SSSR count). The fourth-order valence-electron chi connectivity index (χ4n) is 2.07. The van der Waals surface area contributed by atoms with Gasteiger partial charge in [-0.2, -0.15) is 0 Å². The smallest absolute Gasteiger partial charge is 0.313 e. The van der Waals surface area contributed by atoms with Gasteiger partial charge >= 0.3 is 11.8 Å². The molecule has 2 amide bonds. The number of carbonyl (C=O) groups excluding carboxylic acids is 2. The molecule has 0 fully saturated rings. The van der Waals surface area contributed by atoms with E-state index in [4.69, 9.17) is 4.74 Å². The third-order valence-corrected chi connectivity index (χ3v) is 3.67. The van der Waals surface area contributed by atoms with E-state index in [1.54, 1.807) is 25.3 Å². The zero-order chi connectivity index (χ0) is 16.8. The number of methoxy groups -OCH3 is 1. The normalized spacial score (nSPS) is 10.0. The van der Waals surface area contributed by atoms with Crippen LogP contribution in [-0.4, -0.2) is 18.9 Å². The van der Waals surface area contributed by atoms with Crippen LogP contribution in [0.4, 0.5) is 5.69 Å². The van der Waals surface area contributed by atoms with Crippen molar-refractivity contribution in [3.05, 3.63) is 59.2 Å². The predicted molar refractivity (Wildman–Crippen MR) is 89.4 cm³/mol. The molecule has 2 aromatic rings. The molecule has 0 radical (unpaired) electrons. The molecule has 0 atom stereocenters. The zero-order valence-corrected chi connectivity index (χ0v) is 13.5. The van der Waals surface area contributed by atoms with Gasteiger partial charge in [-0.15, -0.1) is 0 Å². The van der Waals surface area contributed by atoms with Crippen molar-refractivity contribution < 1.29 is 14.3 Å². The molecule has 0 aromatic heterocycles. The van der Waals surface area contributed by atoms with Crippen LogP contribution in [0.25, 0.3) is 0 Å². The van der Waals surface area contributed by atoms with Gasteiger partial charge in [-0.1, -0.05) is 24.3 Å². The van der Waals surface area contributed by atoms with Gasteiger partial charge in [-0.3, -0.25) is 9.59 Å². The van der Waals surface area contributed by atoms with Crippen molar-refractivity contribution in [1.82, 2.24) is 5.32 Å². The van der Waals surface area contributed by atoms with Crippen LogP contribution in [0.15, 0.2) is 42.5 Å². The number of carbonyl (C=O) groups is 2. The first kappa shape index (κ1) is 16.5. The molecular weight excluding hydrogens is 292 g/mol. The maximum absolute atomic E-state index is 12.0. The maximum atomic E-state index is 12.0. The summed E-state index contributed by atoms with van der Waals surface area (Å²) >= 11 is 0. The van der Waals surface area contributed by atoms with E-state index in [2.05, 4.69) is 10.6 Å². The molecule has 0 bridgehead atoms. The SMILES string of the molecule is COc1ccc(CNC(=O)C(=O)Nc2cccc(C)c2C)cc1. The van der Waals surface area contributed by atoms with E-state index >= 15 is 0 Å². The summed E-state index contributed by atoms with van der Waals surface area (Å²) < 4.78 is 5.07. The maximum Gasteiger partial charge on any atom is 0.313 e.